The van der Waals surface area contributed by atoms with Gasteiger partial charge < -0.3 is 20.7 Å². The van der Waals surface area contributed by atoms with Crippen molar-refractivity contribution in [1.82, 2.24) is 5.32 Å². The lowest BCUT2D eigenvalue weighted by atomic mass is 9.84. The summed E-state index contributed by atoms with van der Waals surface area (Å²) in [4.78, 5) is 38.0. The zero-order chi connectivity index (χ0) is 18.2. The Kier molecular flexibility index (Phi) is 7.28. The van der Waals surface area contributed by atoms with E-state index in [1.165, 1.54) is 0 Å². The quantitative estimate of drug-likeness (QED) is 0.348. The number of ketones is 1. The zero-order valence-electron chi connectivity index (χ0n) is 14.2. The molecule has 8 nitrogen and oxygen atoms in total. The van der Waals surface area contributed by atoms with Gasteiger partial charge in [-0.1, -0.05) is 19.3 Å². The number of Topliss-reactive ketones (excluding diaryl/α,β-unsaturated/α-hetero) is 1. The van der Waals surface area contributed by atoms with E-state index in [9.17, 15) is 19.5 Å². The highest BCUT2D eigenvalue weighted by Crippen LogP contribution is 2.33. The van der Waals surface area contributed by atoms with Gasteiger partial charge in [-0.2, -0.15) is 4.79 Å². The number of ether oxygens (including phenoxy) is 1. The summed E-state index contributed by atoms with van der Waals surface area (Å²) in [7, 11) is 0. The van der Waals surface area contributed by atoms with Crippen LogP contribution in [0.3, 0.4) is 0 Å². The van der Waals surface area contributed by atoms with Crippen molar-refractivity contribution in [2.45, 2.75) is 76.0 Å². The summed E-state index contributed by atoms with van der Waals surface area (Å²) >= 11 is 0. The van der Waals surface area contributed by atoms with Gasteiger partial charge in [0.25, 0.3) is 0 Å². The van der Waals surface area contributed by atoms with Crippen LogP contribution in [0.5, 0.6) is 0 Å². The molecule has 1 amide bonds. The molecule has 0 heterocycles. The average molecular weight is 351 g/mol. The number of carboxylic acids is 1. The van der Waals surface area contributed by atoms with Crippen molar-refractivity contribution < 1.29 is 29.0 Å². The highest BCUT2D eigenvalue weighted by Gasteiger charge is 2.37. The lowest BCUT2D eigenvalue weighted by molar-refractivity contribution is -0.147. The van der Waals surface area contributed by atoms with Crippen molar-refractivity contribution in [2.75, 3.05) is 0 Å². The van der Waals surface area contributed by atoms with Crippen LogP contribution in [0.1, 0.15) is 57.8 Å². The largest absolute Gasteiger partial charge is 0.480 e. The Morgan fingerprint density at radius 1 is 1.20 bits per heavy atom. The lowest BCUT2D eigenvalue weighted by Gasteiger charge is -2.30. The van der Waals surface area contributed by atoms with E-state index in [-0.39, 0.29) is 24.9 Å². The number of nitrogens with one attached hydrogen (secondary N) is 1. The Morgan fingerprint density at radius 3 is 2.44 bits per heavy atom. The molecule has 138 valence electrons. The minimum Gasteiger partial charge on any atom is -0.480 e. The number of carboxylic acid groups (broad SMARTS) is 1. The molecule has 2 rings (SSSR count). The highest BCUT2D eigenvalue weighted by molar-refractivity contribution is 6.25. The molecule has 0 bridgehead atoms. The van der Waals surface area contributed by atoms with Crippen molar-refractivity contribution in [3.05, 3.63) is 5.53 Å². The maximum atomic E-state index is 12.6. The first-order valence-electron chi connectivity index (χ1n) is 8.90. The van der Waals surface area contributed by atoms with E-state index in [0.29, 0.717) is 0 Å². The Balaban J connectivity index is 1.95. The molecule has 0 aromatic carbocycles. The SMILES string of the molecule is [N-]=[N+]=CC(=O)CCC(NC(=O)C(OC1CC1)C1CCCCC1)C(=O)O. The maximum Gasteiger partial charge on any atom is 0.326 e. The third-order valence-electron chi connectivity index (χ3n) is 4.70. The van der Waals surface area contributed by atoms with Crippen LogP contribution in [0.4, 0.5) is 0 Å². The number of amides is 1. The van der Waals surface area contributed by atoms with Crippen LogP contribution in [-0.4, -0.2) is 52.0 Å². The Bertz CT molecular complexity index is 548. The predicted molar refractivity (Wildman–Crippen MR) is 88.0 cm³/mol. The van der Waals surface area contributed by atoms with Crippen LogP contribution >= 0.6 is 0 Å². The molecule has 2 unspecified atom stereocenters. The van der Waals surface area contributed by atoms with Gasteiger partial charge in [-0.05, 0) is 38.0 Å². The van der Waals surface area contributed by atoms with Crippen molar-refractivity contribution in [2.24, 2.45) is 5.92 Å². The molecule has 2 atom stereocenters. The number of nitrogens with zero attached hydrogens (tertiary/aromatic N) is 2. The van der Waals surface area contributed by atoms with Crippen LogP contribution in [0, 0.1) is 5.92 Å². The first-order valence-corrected chi connectivity index (χ1v) is 8.90. The van der Waals surface area contributed by atoms with Crippen molar-refractivity contribution >= 4 is 23.9 Å². The number of hydrogen-bond donors (Lipinski definition) is 2. The van der Waals surface area contributed by atoms with Gasteiger partial charge in [0.05, 0.1) is 6.10 Å². The van der Waals surface area contributed by atoms with Crippen LogP contribution in [0.25, 0.3) is 5.53 Å². The van der Waals surface area contributed by atoms with E-state index in [0.717, 1.165) is 51.2 Å². The number of rotatable bonds is 10. The summed E-state index contributed by atoms with van der Waals surface area (Å²) in [5.74, 6) is -1.99. The molecule has 2 N–H and O–H groups in total. The minimum atomic E-state index is -1.20. The summed E-state index contributed by atoms with van der Waals surface area (Å²) < 4.78 is 5.88. The smallest absolute Gasteiger partial charge is 0.326 e. The third-order valence-corrected chi connectivity index (χ3v) is 4.70. The van der Waals surface area contributed by atoms with Crippen molar-refractivity contribution in [1.29, 1.82) is 0 Å². The summed E-state index contributed by atoms with van der Waals surface area (Å²) in [6.45, 7) is 0. The topological polar surface area (TPSA) is 129 Å². The Morgan fingerprint density at radius 2 is 1.88 bits per heavy atom. The first-order chi connectivity index (χ1) is 12.0. The van der Waals surface area contributed by atoms with Gasteiger partial charge in [0, 0.05) is 6.42 Å². The standard InChI is InChI=1S/C17H25N3O5/c18-19-10-12(21)6-9-14(17(23)24)20-16(22)15(25-13-7-8-13)11-4-2-1-3-5-11/h10-11,13-15H,1-9H2,(H,20,22)(H,23,24). The molecule has 8 heteroatoms. The summed E-state index contributed by atoms with van der Waals surface area (Å²) in [5.41, 5.74) is 8.31. The van der Waals surface area contributed by atoms with Gasteiger partial charge in [-0.3, -0.25) is 9.59 Å². The van der Waals surface area contributed by atoms with E-state index in [4.69, 9.17) is 10.3 Å². The number of hydrogen-bond acceptors (Lipinski definition) is 4. The van der Waals surface area contributed by atoms with E-state index in [1.54, 1.807) is 0 Å². The van der Waals surface area contributed by atoms with Gasteiger partial charge in [-0.15, -0.1) is 0 Å². The molecular weight excluding hydrogens is 326 g/mol. The highest BCUT2D eigenvalue weighted by atomic mass is 16.5. The van der Waals surface area contributed by atoms with E-state index < -0.39 is 29.8 Å². The third kappa shape index (κ3) is 6.40. The average Bonchev–Trinajstić information content (AvgIpc) is 3.41. The molecule has 2 aliphatic rings. The fraction of sp³-hybridized carbons (Fsp3) is 0.765. The molecule has 0 radical (unpaired) electrons. The summed E-state index contributed by atoms with van der Waals surface area (Å²) in [5, 5.41) is 11.8. The van der Waals surface area contributed by atoms with Gasteiger partial charge in [0.2, 0.25) is 11.7 Å². The van der Waals surface area contributed by atoms with Gasteiger partial charge in [0.15, 0.2) is 0 Å². The molecule has 0 aliphatic heterocycles. The van der Waals surface area contributed by atoms with E-state index in [1.807, 2.05) is 0 Å². The zero-order valence-corrected chi connectivity index (χ0v) is 14.2. The summed E-state index contributed by atoms with van der Waals surface area (Å²) in [6.07, 6.45) is 6.98. The molecule has 0 saturated heterocycles. The number of aliphatic carboxylic acids is 1. The second-order valence-corrected chi connectivity index (χ2v) is 6.80. The van der Waals surface area contributed by atoms with E-state index in [2.05, 4.69) is 10.1 Å². The molecule has 0 aromatic heterocycles. The number of carbonyl (C=O) groups excluding carboxylic acids is 2. The van der Waals surface area contributed by atoms with E-state index >= 15 is 0 Å². The molecule has 0 aromatic rings. The first kappa shape index (κ1) is 19.3. The second kappa shape index (κ2) is 9.44. The Labute approximate surface area is 146 Å². The molecule has 0 spiro atoms. The molecule has 25 heavy (non-hydrogen) atoms. The summed E-state index contributed by atoms with van der Waals surface area (Å²) in [6, 6.07) is -1.17. The minimum absolute atomic E-state index is 0.0628. The van der Waals surface area contributed by atoms with Gasteiger partial charge in [-0.25, -0.2) is 4.79 Å². The van der Waals surface area contributed by atoms with Crippen LogP contribution in [0.15, 0.2) is 0 Å². The molecular formula is C17H25N3O5. The molecule has 2 aliphatic carbocycles. The number of carbonyl (C=O) groups is 3. The normalized spacial score (nSPS) is 20.2. The molecule has 2 saturated carbocycles. The van der Waals surface area contributed by atoms with Crippen molar-refractivity contribution in [3.63, 3.8) is 0 Å². The second-order valence-electron chi connectivity index (χ2n) is 6.80. The van der Waals surface area contributed by atoms with Gasteiger partial charge in [0.1, 0.15) is 12.1 Å². The fourth-order valence-electron chi connectivity index (χ4n) is 3.16. The van der Waals surface area contributed by atoms with Crippen LogP contribution in [-0.2, 0) is 19.1 Å². The Hall–Kier alpha value is -2.05. The van der Waals surface area contributed by atoms with Crippen LogP contribution in [0.2, 0.25) is 0 Å². The van der Waals surface area contributed by atoms with Crippen LogP contribution < -0.4 is 5.32 Å². The lowest BCUT2D eigenvalue weighted by Crippen LogP contribution is -2.49. The fourth-order valence-corrected chi connectivity index (χ4v) is 3.16. The van der Waals surface area contributed by atoms with Gasteiger partial charge >= 0.3 is 12.2 Å². The van der Waals surface area contributed by atoms with Crippen molar-refractivity contribution in [3.8, 4) is 0 Å². The predicted octanol–water partition coefficient (Wildman–Crippen LogP) is 1.33. The monoisotopic (exact) mass is 351 g/mol. The molecule has 2 fully saturated rings. The maximum absolute atomic E-state index is 12.6.